The summed E-state index contributed by atoms with van der Waals surface area (Å²) >= 11 is 0. The fourth-order valence-electron chi connectivity index (χ4n) is 2.96. The Hall–Kier alpha value is -2.20. The summed E-state index contributed by atoms with van der Waals surface area (Å²) in [5.74, 6) is 0.208. The quantitative estimate of drug-likeness (QED) is 0.765. The molecule has 10 heteroatoms. The highest BCUT2D eigenvalue weighted by molar-refractivity contribution is 7.88. The highest BCUT2D eigenvalue weighted by Crippen LogP contribution is 2.33. The van der Waals surface area contributed by atoms with E-state index in [1.54, 1.807) is 12.1 Å². The Morgan fingerprint density at radius 1 is 1.22 bits per heavy atom. The predicted octanol–water partition coefficient (Wildman–Crippen LogP) is 3.38. The van der Waals surface area contributed by atoms with Crippen LogP contribution < -0.4 is 9.64 Å². The fraction of sp³-hybridized carbons (Fsp3) is 0.412. The number of hydrogen-bond donors (Lipinski definition) is 0. The van der Waals surface area contributed by atoms with E-state index < -0.39 is 16.4 Å². The van der Waals surface area contributed by atoms with E-state index in [0.29, 0.717) is 25.3 Å². The molecule has 0 amide bonds. The summed E-state index contributed by atoms with van der Waals surface area (Å²) in [6.07, 6.45) is -3.34. The fourth-order valence-corrected chi connectivity index (χ4v) is 3.77. The van der Waals surface area contributed by atoms with Crippen LogP contribution in [0.25, 0.3) is 0 Å². The van der Waals surface area contributed by atoms with Gasteiger partial charge in [0.15, 0.2) is 0 Å². The molecule has 148 valence electrons. The van der Waals surface area contributed by atoms with Crippen molar-refractivity contribution in [2.75, 3.05) is 25.5 Å². The zero-order valence-electron chi connectivity index (χ0n) is 14.8. The summed E-state index contributed by atoms with van der Waals surface area (Å²) < 4.78 is 71.9. The second-order valence-corrected chi connectivity index (χ2v) is 8.45. The number of fused-ring (bicyclic) bond motifs is 1. The van der Waals surface area contributed by atoms with E-state index in [2.05, 4.69) is 4.74 Å². The lowest BCUT2D eigenvalue weighted by Gasteiger charge is -2.31. The molecule has 0 N–H and O–H groups in total. The van der Waals surface area contributed by atoms with Gasteiger partial charge in [-0.25, -0.2) is 12.7 Å². The molecule has 0 aliphatic carbocycles. The first-order valence-corrected chi connectivity index (χ1v) is 9.65. The summed E-state index contributed by atoms with van der Waals surface area (Å²) in [7, 11) is -0.824. The number of hydrogen-bond acceptors (Lipinski definition) is 5. The molecule has 1 aromatic heterocycles. The summed E-state index contributed by atoms with van der Waals surface area (Å²) in [6, 6.07) is 7.23. The molecular weight excluding hydrogens is 385 g/mol. The van der Waals surface area contributed by atoms with Crippen molar-refractivity contribution in [3.63, 3.8) is 0 Å². The first kappa shape index (κ1) is 19.6. The molecule has 0 saturated carbocycles. The molecular formula is C17H19F3N2O4S. The molecule has 1 aromatic carbocycles. The van der Waals surface area contributed by atoms with Gasteiger partial charge in [0.25, 0.3) is 10.0 Å². The Morgan fingerprint density at radius 2 is 1.96 bits per heavy atom. The van der Waals surface area contributed by atoms with Crippen LogP contribution in [0.1, 0.15) is 17.7 Å². The molecule has 3 rings (SSSR count). The van der Waals surface area contributed by atoms with Gasteiger partial charge in [-0.3, -0.25) is 0 Å². The topological polar surface area (TPSA) is 63.0 Å². The SMILES string of the molecule is CN(C)S(=O)(=O)c1ccc(CN2CCCc3cc(OC(F)(F)F)ccc32)o1. The van der Waals surface area contributed by atoms with Gasteiger partial charge in [0, 0.05) is 26.3 Å². The van der Waals surface area contributed by atoms with Crippen molar-refractivity contribution in [3.8, 4) is 5.75 Å². The molecule has 0 atom stereocenters. The van der Waals surface area contributed by atoms with Crippen LogP contribution in [-0.4, -0.2) is 39.7 Å². The lowest BCUT2D eigenvalue weighted by molar-refractivity contribution is -0.274. The molecule has 1 aliphatic heterocycles. The zero-order chi connectivity index (χ0) is 19.8. The van der Waals surface area contributed by atoms with E-state index in [0.717, 1.165) is 22.0 Å². The zero-order valence-corrected chi connectivity index (χ0v) is 15.6. The minimum atomic E-state index is -4.73. The van der Waals surface area contributed by atoms with Crippen molar-refractivity contribution < 1.29 is 30.7 Å². The van der Waals surface area contributed by atoms with Crippen molar-refractivity contribution in [1.82, 2.24) is 4.31 Å². The molecule has 0 bridgehead atoms. The Balaban J connectivity index is 1.80. The number of sulfonamides is 1. The second-order valence-electron chi connectivity index (χ2n) is 6.37. The standard InChI is InChI=1S/C17H19F3N2O4S/c1-21(2)27(23,24)16-8-6-14(25-16)11-22-9-3-4-12-10-13(5-7-15(12)22)26-17(18,19)20/h5-8,10H,3-4,9,11H2,1-2H3. The maximum absolute atomic E-state index is 12.4. The van der Waals surface area contributed by atoms with Crippen LogP contribution >= 0.6 is 0 Å². The summed E-state index contributed by atoms with van der Waals surface area (Å²) in [6.45, 7) is 0.998. The highest BCUT2D eigenvalue weighted by Gasteiger charge is 2.31. The molecule has 27 heavy (non-hydrogen) atoms. The van der Waals surface area contributed by atoms with E-state index in [9.17, 15) is 21.6 Å². The molecule has 2 aromatic rings. The monoisotopic (exact) mass is 404 g/mol. The highest BCUT2D eigenvalue weighted by atomic mass is 32.2. The van der Waals surface area contributed by atoms with Gasteiger partial charge in [-0.2, -0.15) is 0 Å². The van der Waals surface area contributed by atoms with Crippen molar-refractivity contribution in [1.29, 1.82) is 0 Å². The summed E-state index contributed by atoms with van der Waals surface area (Å²) in [4.78, 5) is 1.95. The van der Waals surface area contributed by atoms with Crippen molar-refractivity contribution >= 4 is 15.7 Å². The van der Waals surface area contributed by atoms with Gasteiger partial charge in [-0.1, -0.05) is 0 Å². The predicted molar refractivity (Wildman–Crippen MR) is 92.1 cm³/mol. The van der Waals surface area contributed by atoms with E-state index >= 15 is 0 Å². The smallest absolute Gasteiger partial charge is 0.446 e. The average molecular weight is 404 g/mol. The van der Waals surface area contributed by atoms with E-state index in [1.165, 1.54) is 32.3 Å². The lowest BCUT2D eigenvalue weighted by atomic mass is 10.0. The largest absolute Gasteiger partial charge is 0.573 e. The second kappa shape index (κ2) is 7.08. The van der Waals surface area contributed by atoms with Gasteiger partial charge in [0.05, 0.1) is 6.54 Å². The maximum Gasteiger partial charge on any atom is 0.573 e. The van der Waals surface area contributed by atoms with Crippen LogP contribution in [0.2, 0.25) is 0 Å². The number of aryl methyl sites for hydroxylation is 1. The Morgan fingerprint density at radius 3 is 2.63 bits per heavy atom. The van der Waals surface area contributed by atoms with Gasteiger partial charge in [-0.15, -0.1) is 13.2 Å². The molecule has 2 heterocycles. The molecule has 0 radical (unpaired) electrons. The van der Waals surface area contributed by atoms with Crippen LogP contribution in [0.5, 0.6) is 5.75 Å². The number of alkyl halides is 3. The lowest BCUT2D eigenvalue weighted by Crippen LogP contribution is -2.28. The van der Waals surface area contributed by atoms with Crippen LogP contribution in [0.3, 0.4) is 0 Å². The third-order valence-corrected chi connectivity index (χ3v) is 5.91. The molecule has 6 nitrogen and oxygen atoms in total. The third-order valence-electron chi connectivity index (χ3n) is 4.22. The van der Waals surface area contributed by atoms with Crippen molar-refractivity contribution in [2.45, 2.75) is 30.8 Å². The van der Waals surface area contributed by atoms with Crippen LogP contribution in [-0.2, 0) is 23.0 Å². The maximum atomic E-state index is 12.4. The first-order chi connectivity index (χ1) is 12.6. The van der Waals surface area contributed by atoms with E-state index in [-0.39, 0.29) is 10.8 Å². The van der Waals surface area contributed by atoms with Crippen molar-refractivity contribution in [2.24, 2.45) is 0 Å². The average Bonchev–Trinajstić information content (AvgIpc) is 3.02. The number of nitrogens with zero attached hydrogens (tertiary/aromatic N) is 2. The van der Waals surface area contributed by atoms with Crippen LogP contribution in [0, 0.1) is 0 Å². The Labute approximate surface area is 155 Å². The third kappa shape index (κ3) is 4.38. The number of furan rings is 1. The summed E-state index contributed by atoms with van der Waals surface area (Å²) in [5, 5.41) is -0.145. The number of halogens is 3. The Kier molecular flexibility index (Phi) is 5.13. The number of rotatable bonds is 5. The van der Waals surface area contributed by atoms with Gasteiger partial charge in [0.1, 0.15) is 11.5 Å². The number of ether oxygens (including phenoxy) is 1. The number of benzene rings is 1. The minimum absolute atomic E-state index is 0.145. The molecule has 0 saturated heterocycles. The molecule has 0 unspecified atom stereocenters. The van der Waals surface area contributed by atoms with Crippen molar-refractivity contribution in [3.05, 3.63) is 41.7 Å². The molecule has 0 spiro atoms. The Bertz CT molecular complexity index is 923. The first-order valence-electron chi connectivity index (χ1n) is 8.21. The molecule has 0 fully saturated rings. The summed E-state index contributed by atoms with van der Waals surface area (Å²) in [5.41, 5.74) is 1.53. The normalized spacial score (nSPS) is 15.1. The van der Waals surface area contributed by atoms with Gasteiger partial charge in [0.2, 0.25) is 5.09 Å². The van der Waals surface area contributed by atoms with E-state index in [1.807, 2.05) is 4.90 Å². The number of anilines is 1. The molecule has 1 aliphatic rings. The van der Waals surface area contributed by atoms with Gasteiger partial charge >= 0.3 is 6.36 Å². The minimum Gasteiger partial charge on any atom is -0.446 e. The van der Waals surface area contributed by atoms with Crippen LogP contribution in [0.4, 0.5) is 18.9 Å². The van der Waals surface area contributed by atoms with Crippen LogP contribution in [0.15, 0.2) is 39.8 Å². The van der Waals surface area contributed by atoms with E-state index in [4.69, 9.17) is 4.42 Å². The van der Waals surface area contributed by atoms with Gasteiger partial charge in [-0.05, 0) is 48.7 Å². The van der Waals surface area contributed by atoms with Gasteiger partial charge < -0.3 is 14.1 Å².